The van der Waals surface area contributed by atoms with E-state index in [-0.39, 0.29) is 5.41 Å². The number of aryl methyl sites for hydroxylation is 1. The minimum absolute atomic E-state index is 0.0575. The molecule has 0 aromatic carbocycles. The van der Waals surface area contributed by atoms with E-state index in [1.807, 2.05) is 11.4 Å². The van der Waals surface area contributed by atoms with E-state index in [4.69, 9.17) is 11.6 Å². The summed E-state index contributed by atoms with van der Waals surface area (Å²) in [5.41, 5.74) is 2.35. The summed E-state index contributed by atoms with van der Waals surface area (Å²) in [6.07, 6.45) is 6.12. The van der Waals surface area contributed by atoms with Crippen LogP contribution in [-0.2, 0) is 5.41 Å². The van der Waals surface area contributed by atoms with Crippen molar-refractivity contribution in [3.63, 3.8) is 0 Å². The fraction of sp³-hybridized carbons (Fsp3) is 0.500. The molecule has 1 aliphatic rings. The molecule has 5 heteroatoms. The molecule has 2 heterocycles. The Bertz CT molecular complexity index is 686. The molecular weight excluding hydrogens is 260 g/mol. The SMILES string of the molecule is CCC1(c2c(C#N)c(Cl)c3cnc(C)nn23)CCC1. The summed E-state index contributed by atoms with van der Waals surface area (Å²) in [6.45, 7) is 4.02. The Morgan fingerprint density at radius 1 is 1.53 bits per heavy atom. The van der Waals surface area contributed by atoms with E-state index in [2.05, 4.69) is 23.1 Å². The summed E-state index contributed by atoms with van der Waals surface area (Å²) in [5.74, 6) is 0.690. The van der Waals surface area contributed by atoms with Gasteiger partial charge in [0.1, 0.15) is 17.4 Å². The Morgan fingerprint density at radius 2 is 2.26 bits per heavy atom. The zero-order valence-corrected chi connectivity index (χ0v) is 11.8. The lowest BCUT2D eigenvalue weighted by Gasteiger charge is -2.41. The van der Waals surface area contributed by atoms with Crippen molar-refractivity contribution in [1.82, 2.24) is 14.6 Å². The summed E-state index contributed by atoms with van der Waals surface area (Å²) in [7, 11) is 0. The number of halogens is 1. The van der Waals surface area contributed by atoms with E-state index in [0.29, 0.717) is 16.4 Å². The predicted molar refractivity (Wildman–Crippen MR) is 73.3 cm³/mol. The van der Waals surface area contributed by atoms with Gasteiger partial charge in [-0.05, 0) is 26.2 Å². The smallest absolute Gasteiger partial charge is 0.146 e. The van der Waals surface area contributed by atoms with E-state index < -0.39 is 0 Å². The van der Waals surface area contributed by atoms with Crippen molar-refractivity contribution in [2.75, 3.05) is 0 Å². The molecule has 0 bridgehead atoms. The predicted octanol–water partition coefficient (Wildman–Crippen LogP) is 3.39. The van der Waals surface area contributed by atoms with Gasteiger partial charge in [-0.1, -0.05) is 24.9 Å². The minimum Gasteiger partial charge on any atom is -0.238 e. The van der Waals surface area contributed by atoms with Crippen LogP contribution in [0.25, 0.3) is 5.52 Å². The van der Waals surface area contributed by atoms with Gasteiger partial charge >= 0.3 is 0 Å². The minimum atomic E-state index is 0.0575. The Labute approximate surface area is 117 Å². The monoisotopic (exact) mass is 274 g/mol. The Kier molecular flexibility index (Phi) is 2.75. The highest BCUT2D eigenvalue weighted by Gasteiger charge is 2.42. The summed E-state index contributed by atoms with van der Waals surface area (Å²) in [4.78, 5) is 4.18. The Hall–Kier alpha value is -1.60. The summed E-state index contributed by atoms with van der Waals surface area (Å²) in [5, 5.41) is 14.4. The fourth-order valence-electron chi connectivity index (χ4n) is 3.04. The van der Waals surface area contributed by atoms with Crippen molar-refractivity contribution in [2.24, 2.45) is 0 Å². The van der Waals surface area contributed by atoms with Gasteiger partial charge in [-0.3, -0.25) is 0 Å². The second kappa shape index (κ2) is 4.21. The van der Waals surface area contributed by atoms with Crippen LogP contribution in [0.4, 0.5) is 0 Å². The van der Waals surface area contributed by atoms with Crippen molar-refractivity contribution in [1.29, 1.82) is 5.26 Å². The first kappa shape index (κ1) is 12.4. The molecule has 0 amide bonds. The molecule has 19 heavy (non-hydrogen) atoms. The highest BCUT2D eigenvalue weighted by atomic mass is 35.5. The summed E-state index contributed by atoms with van der Waals surface area (Å²) in [6, 6.07) is 2.26. The lowest BCUT2D eigenvalue weighted by molar-refractivity contribution is 0.224. The number of fused-ring (bicyclic) bond motifs is 1. The second-order valence-corrected chi connectivity index (χ2v) is 5.62. The average Bonchev–Trinajstić information content (AvgIpc) is 2.62. The fourth-order valence-corrected chi connectivity index (χ4v) is 3.31. The third-order valence-electron chi connectivity index (χ3n) is 4.34. The molecule has 0 aliphatic heterocycles. The van der Waals surface area contributed by atoms with Gasteiger partial charge in [0.05, 0.1) is 22.5 Å². The van der Waals surface area contributed by atoms with E-state index in [0.717, 1.165) is 30.5 Å². The molecule has 0 saturated heterocycles. The van der Waals surface area contributed by atoms with Crippen molar-refractivity contribution < 1.29 is 0 Å². The van der Waals surface area contributed by atoms with Crippen molar-refractivity contribution in [2.45, 2.75) is 44.9 Å². The molecule has 0 unspecified atom stereocenters. The van der Waals surface area contributed by atoms with Gasteiger partial charge in [0.25, 0.3) is 0 Å². The number of hydrogen-bond donors (Lipinski definition) is 0. The Morgan fingerprint density at radius 3 is 2.79 bits per heavy atom. The molecule has 2 aromatic heterocycles. The zero-order chi connectivity index (χ0) is 13.6. The molecule has 0 radical (unpaired) electrons. The van der Waals surface area contributed by atoms with Crippen LogP contribution in [0, 0.1) is 18.3 Å². The molecule has 3 rings (SSSR count). The zero-order valence-electron chi connectivity index (χ0n) is 11.1. The number of hydrogen-bond acceptors (Lipinski definition) is 3. The first-order valence-electron chi connectivity index (χ1n) is 6.57. The highest BCUT2D eigenvalue weighted by molar-refractivity contribution is 6.35. The molecule has 0 atom stereocenters. The van der Waals surface area contributed by atoms with Crippen LogP contribution in [0.3, 0.4) is 0 Å². The van der Waals surface area contributed by atoms with Gasteiger partial charge in [-0.25, -0.2) is 9.50 Å². The summed E-state index contributed by atoms with van der Waals surface area (Å²) < 4.78 is 1.84. The lowest BCUT2D eigenvalue weighted by Crippen LogP contribution is -2.35. The van der Waals surface area contributed by atoms with Crippen LogP contribution in [-0.4, -0.2) is 14.6 Å². The first-order chi connectivity index (χ1) is 9.13. The van der Waals surface area contributed by atoms with Gasteiger partial charge in [0.2, 0.25) is 0 Å². The maximum Gasteiger partial charge on any atom is 0.146 e. The molecule has 1 saturated carbocycles. The third kappa shape index (κ3) is 1.58. The van der Waals surface area contributed by atoms with Crippen LogP contribution in [0.5, 0.6) is 0 Å². The van der Waals surface area contributed by atoms with Crippen molar-refractivity contribution in [3.05, 3.63) is 28.3 Å². The Balaban J connectivity index is 2.39. The molecule has 4 nitrogen and oxygen atoms in total. The third-order valence-corrected chi connectivity index (χ3v) is 4.72. The van der Waals surface area contributed by atoms with Gasteiger partial charge in [-0.2, -0.15) is 10.4 Å². The van der Waals surface area contributed by atoms with E-state index >= 15 is 0 Å². The number of nitrogens with zero attached hydrogens (tertiary/aromatic N) is 4. The topological polar surface area (TPSA) is 54.0 Å². The standard InChI is InChI=1S/C14H15ClN4/c1-3-14(5-4-6-14)13-10(7-16)12(15)11-8-17-9(2)18-19(11)13/h8H,3-6H2,1-2H3. The number of aromatic nitrogens is 3. The average molecular weight is 275 g/mol. The maximum atomic E-state index is 9.45. The molecule has 0 N–H and O–H groups in total. The first-order valence-corrected chi connectivity index (χ1v) is 6.95. The summed E-state index contributed by atoms with van der Waals surface area (Å²) >= 11 is 6.34. The van der Waals surface area contributed by atoms with Crippen LogP contribution in [0.2, 0.25) is 5.02 Å². The van der Waals surface area contributed by atoms with Crippen LogP contribution >= 0.6 is 11.6 Å². The second-order valence-electron chi connectivity index (χ2n) is 5.24. The van der Waals surface area contributed by atoms with E-state index in [1.165, 1.54) is 6.42 Å². The van der Waals surface area contributed by atoms with Gasteiger partial charge in [-0.15, -0.1) is 0 Å². The van der Waals surface area contributed by atoms with Gasteiger partial charge < -0.3 is 0 Å². The van der Waals surface area contributed by atoms with Crippen molar-refractivity contribution in [3.8, 4) is 6.07 Å². The quantitative estimate of drug-likeness (QED) is 0.843. The van der Waals surface area contributed by atoms with Crippen molar-refractivity contribution >= 4 is 17.1 Å². The molecule has 1 aliphatic carbocycles. The van der Waals surface area contributed by atoms with Crippen LogP contribution in [0.1, 0.15) is 49.7 Å². The molecular formula is C14H15ClN4. The van der Waals surface area contributed by atoms with Crippen LogP contribution in [0.15, 0.2) is 6.20 Å². The van der Waals surface area contributed by atoms with Gasteiger partial charge in [0.15, 0.2) is 0 Å². The number of nitriles is 1. The normalized spacial score (nSPS) is 17.2. The van der Waals surface area contributed by atoms with E-state index in [9.17, 15) is 5.26 Å². The molecule has 0 spiro atoms. The van der Waals surface area contributed by atoms with Crippen LogP contribution < -0.4 is 0 Å². The highest BCUT2D eigenvalue weighted by Crippen LogP contribution is 2.49. The van der Waals surface area contributed by atoms with Gasteiger partial charge in [0, 0.05) is 5.41 Å². The molecule has 2 aromatic rings. The maximum absolute atomic E-state index is 9.45. The molecule has 98 valence electrons. The van der Waals surface area contributed by atoms with E-state index in [1.54, 1.807) is 6.20 Å². The largest absolute Gasteiger partial charge is 0.238 e. The lowest BCUT2D eigenvalue weighted by atomic mass is 9.64. The molecule has 1 fully saturated rings. The number of rotatable bonds is 2.